The number of nitrogens with zero attached hydrogens (tertiary/aromatic N) is 3. The lowest BCUT2D eigenvalue weighted by molar-refractivity contribution is 0.252. The van der Waals surface area contributed by atoms with Crippen LogP contribution in [0, 0.1) is 5.82 Å². The van der Waals surface area contributed by atoms with Crippen LogP contribution in [0.1, 0.15) is 18.2 Å². The number of benzene rings is 2. The molecular formula is C24H20FN7O2. The number of pyridine rings is 1. The first-order valence-corrected chi connectivity index (χ1v) is 10.7. The van der Waals surface area contributed by atoms with Crippen molar-refractivity contribution in [2.45, 2.75) is 13.3 Å². The first-order chi connectivity index (χ1) is 16.5. The molecule has 5 rings (SSSR count). The van der Waals surface area contributed by atoms with Gasteiger partial charge in [-0.3, -0.25) is 10.1 Å². The van der Waals surface area contributed by atoms with Gasteiger partial charge in [0, 0.05) is 23.9 Å². The second-order valence-corrected chi connectivity index (χ2v) is 7.67. The second kappa shape index (κ2) is 8.74. The first-order valence-electron chi connectivity index (χ1n) is 10.7. The summed E-state index contributed by atoms with van der Waals surface area (Å²) in [5.74, 6) is -0.184. The molecule has 0 fully saturated rings. The molecule has 0 unspecified atom stereocenters. The SMILES string of the molecule is CCNC(=O)Nc1nc2nc(-c3ccc(Cc4n[nH]c(=O)c5ccccc45)cc3F)ccc2[nH]1. The highest BCUT2D eigenvalue weighted by Gasteiger charge is 2.13. The monoisotopic (exact) mass is 457 g/mol. The van der Waals surface area contributed by atoms with E-state index in [4.69, 9.17) is 0 Å². The van der Waals surface area contributed by atoms with Gasteiger partial charge in [-0.05, 0) is 42.8 Å². The summed E-state index contributed by atoms with van der Waals surface area (Å²) in [6.07, 6.45) is 0.356. The zero-order valence-electron chi connectivity index (χ0n) is 18.1. The van der Waals surface area contributed by atoms with Gasteiger partial charge in [0.05, 0.1) is 22.3 Å². The van der Waals surface area contributed by atoms with Crippen LogP contribution < -0.4 is 16.2 Å². The van der Waals surface area contributed by atoms with Crippen LogP contribution in [0.2, 0.25) is 0 Å². The molecule has 170 valence electrons. The van der Waals surface area contributed by atoms with Crippen LogP contribution in [-0.2, 0) is 6.42 Å². The molecule has 4 N–H and O–H groups in total. The average molecular weight is 457 g/mol. The number of urea groups is 1. The van der Waals surface area contributed by atoms with Gasteiger partial charge >= 0.3 is 6.03 Å². The third-order valence-electron chi connectivity index (χ3n) is 5.37. The van der Waals surface area contributed by atoms with E-state index < -0.39 is 5.82 Å². The third kappa shape index (κ3) is 4.08. The van der Waals surface area contributed by atoms with Gasteiger partial charge in [-0.1, -0.05) is 24.3 Å². The third-order valence-corrected chi connectivity index (χ3v) is 5.37. The first kappa shape index (κ1) is 21.3. The lowest BCUT2D eigenvalue weighted by Gasteiger charge is -2.08. The summed E-state index contributed by atoms with van der Waals surface area (Å²) < 4.78 is 15.1. The number of imidazole rings is 1. The molecule has 0 atom stereocenters. The van der Waals surface area contributed by atoms with Crippen molar-refractivity contribution >= 4 is 33.9 Å². The number of nitrogens with one attached hydrogen (secondary N) is 4. The lowest BCUT2D eigenvalue weighted by Crippen LogP contribution is -2.28. The molecule has 0 saturated heterocycles. The van der Waals surface area contributed by atoms with Gasteiger partial charge in [-0.2, -0.15) is 10.1 Å². The molecule has 9 nitrogen and oxygen atoms in total. The van der Waals surface area contributed by atoms with Crippen molar-refractivity contribution in [3.05, 3.63) is 82.0 Å². The van der Waals surface area contributed by atoms with E-state index in [2.05, 4.69) is 35.8 Å². The fraction of sp³-hybridized carbons (Fsp3) is 0.125. The fourth-order valence-electron chi connectivity index (χ4n) is 3.79. The Morgan fingerprint density at radius 3 is 2.68 bits per heavy atom. The summed E-state index contributed by atoms with van der Waals surface area (Å²) in [4.78, 5) is 35.4. The van der Waals surface area contributed by atoms with E-state index in [0.29, 0.717) is 52.0 Å². The number of carbonyl (C=O) groups excluding carboxylic acids is 1. The van der Waals surface area contributed by atoms with Gasteiger partial charge < -0.3 is 10.3 Å². The number of halogens is 1. The number of rotatable bonds is 5. The molecule has 2 amide bonds. The molecule has 5 aromatic rings. The van der Waals surface area contributed by atoms with Crippen molar-refractivity contribution < 1.29 is 9.18 Å². The van der Waals surface area contributed by atoms with Crippen molar-refractivity contribution in [1.29, 1.82) is 0 Å². The van der Waals surface area contributed by atoms with Crippen molar-refractivity contribution in [2.75, 3.05) is 11.9 Å². The molecule has 0 aliphatic rings. The molecular weight excluding hydrogens is 437 g/mol. The van der Waals surface area contributed by atoms with Gasteiger partial charge in [-0.25, -0.2) is 19.3 Å². The summed E-state index contributed by atoms with van der Waals surface area (Å²) >= 11 is 0. The summed E-state index contributed by atoms with van der Waals surface area (Å²) in [6.45, 7) is 2.30. The molecule has 0 spiro atoms. The molecule has 34 heavy (non-hydrogen) atoms. The van der Waals surface area contributed by atoms with Crippen LogP contribution >= 0.6 is 0 Å². The van der Waals surface area contributed by atoms with Crippen molar-refractivity contribution in [2.24, 2.45) is 0 Å². The minimum atomic E-state index is -0.436. The fourth-order valence-corrected chi connectivity index (χ4v) is 3.79. The number of amides is 2. The molecule has 0 bridgehead atoms. The Morgan fingerprint density at radius 1 is 1.06 bits per heavy atom. The van der Waals surface area contributed by atoms with E-state index in [1.54, 1.807) is 36.4 Å². The van der Waals surface area contributed by atoms with Crippen LogP contribution in [-0.4, -0.2) is 37.7 Å². The Hall–Kier alpha value is -4.60. The number of anilines is 1. The van der Waals surface area contributed by atoms with Crippen molar-refractivity contribution in [3.8, 4) is 11.3 Å². The van der Waals surface area contributed by atoms with E-state index >= 15 is 4.39 Å². The van der Waals surface area contributed by atoms with Crippen molar-refractivity contribution in [1.82, 2.24) is 30.5 Å². The topological polar surface area (TPSA) is 128 Å². The number of hydrogen-bond donors (Lipinski definition) is 4. The number of aromatic nitrogens is 5. The molecule has 10 heteroatoms. The standard InChI is InChI=1S/C24H20FN7O2/c1-2-26-24(34)30-23-28-19-10-9-18(27-21(19)29-23)16-8-7-13(11-17(16)25)12-20-14-5-3-4-6-15(14)22(33)32-31-20/h3-11H,2,12H2,1H3,(H,32,33)(H3,26,27,28,29,30,34). The molecule has 3 aromatic heterocycles. The van der Waals surface area contributed by atoms with Gasteiger partial charge in [0.15, 0.2) is 5.65 Å². The van der Waals surface area contributed by atoms with E-state index in [-0.39, 0.29) is 17.5 Å². The molecule has 0 aliphatic heterocycles. The number of fused-ring (bicyclic) bond motifs is 2. The quantitative estimate of drug-likeness (QED) is 0.320. The zero-order chi connectivity index (χ0) is 23.7. The summed E-state index contributed by atoms with van der Waals surface area (Å²) in [7, 11) is 0. The van der Waals surface area contributed by atoms with Gasteiger partial charge in [0.2, 0.25) is 5.95 Å². The minimum absolute atomic E-state index is 0.252. The van der Waals surface area contributed by atoms with Crippen LogP contribution in [0.3, 0.4) is 0 Å². The zero-order valence-corrected chi connectivity index (χ0v) is 18.1. The van der Waals surface area contributed by atoms with Gasteiger partial charge in [-0.15, -0.1) is 0 Å². The maximum atomic E-state index is 15.1. The summed E-state index contributed by atoms with van der Waals surface area (Å²) in [6, 6.07) is 15.1. The van der Waals surface area contributed by atoms with E-state index in [1.807, 2.05) is 19.1 Å². The second-order valence-electron chi connectivity index (χ2n) is 7.67. The highest BCUT2D eigenvalue weighted by atomic mass is 19.1. The minimum Gasteiger partial charge on any atom is -0.338 e. The van der Waals surface area contributed by atoms with Crippen LogP contribution in [0.4, 0.5) is 15.1 Å². The predicted octanol–water partition coefficient (Wildman–Crippen LogP) is 3.73. The highest BCUT2D eigenvalue weighted by molar-refractivity contribution is 5.89. The Balaban J connectivity index is 1.42. The molecule has 2 aromatic carbocycles. The van der Waals surface area contributed by atoms with Gasteiger partial charge in [0.25, 0.3) is 5.56 Å². The molecule has 0 aliphatic carbocycles. The van der Waals surface area contributed by atoms with Crippen LogP contribution in [0.5, 0.6) is 0 Å². The summed E-state index contributed by atoms with van der Waals surface area (Å²) in [5.41, 5.74) is 2.82. The van der Waals surface area contributed by atoms with E-state index in [1.165, 1.54) is 6.07 Å². The number of H-pyrrole nitrogens is 2. The Kier molecular flexibility index (Phi) is 5.46. The smallest absolute Gasteiger partial charge is 0.321 e. The Labute approximate surface area is 192 Å². The molecule has 0 saturated carbocycles. The van der Waals surface area contributed by atoms with E-state index in [9.17, 15) is 9.59 Å². The largest absolute Gasteiger partial charge is 0.338 e. The predicted molar refractivity (Wildman–Crippen MR) is 127 cm³/mol. The van der Waals surface area contributed by atoms with Crippen LogP contribution in [0.15, 0.2) is 59.4 Å². The maximum Gasteiger partial charge on any atom is 0.321 e. The Morgan fingerprint density at radius 2 is 1.88 bits per heavy atom. The van der Waals surface area contributed by atoms with Crippen molar-refractivity contribution in [3.63, 3.8) is 0 Å². The summed E-state index contributed by atoms with van der Waals surface area (Å²) in [5, 5.41) is 13.2. The normalized spacial score (nSPS) is 11.1. The molecule has 3 heterocycles. The number of hydrogen-bond acceptors (Lipinski definition) is 5. The highest BCUT2D eigenvalue weighted by Crippen LogP contribution is 2.26. The lowest BCUT2D eigenvalue weighted by atomic mass is 10.0. The maximum absolute atomic E-state index is 15.1. The van der Waals surface area contributed by atoms with E-state index in [0.717, 1.165) is 5.39 Å². The number of aromatic amines is 2. The van der Waals surface area contributed by atoms with Crippen LogP contribution in [0.25, 0.3) is 33.2 Å². The Bertz CT molecular complexity index is 1590. The number of carbonyl (C=O) groups is 1. The van der Waals surface area contributed by atoms with Gasteiger partial charge in [0.1, 0.15) is 5.82 Å². The average Bonchev–Trinajstić information content (AvgIpc) is 3.22. The molecule has 0 radical (unpaired) electrons.